The third-order valence-corrected chi connectivity index (χ3v) is 3.20. The average molecular weight is 250 g/mol. The largest absolute Gasteiger partial charge is 0.493 e. The number of aliphatic carboxylic acids is 1. The van der Waals surface area contributed by atoms with Gasteiger partial charge in [-0.2, -0.15) is 0 Å². The van der Waals surface area contributed by atoms with Crippen LogP contribution in [0.15, 0.2) is 12.1 Å². The van der Waals surface area contributed by atoms with E-state index in [2.05, 4.69) is 0 Å². The molecule has 0 aromatic heterocycles. The molecular formula is C14H18O4. The van der Waals surface area contributed by atoms with E-state index in [4.69, 9.17) is 14.6 Å². The first-order chi connectivity index (χ1) is 8.51. The molecule has 0 fully saturated rings. The second-order valence-corrected chi connectivity index (χ2v) is 4.86. The summed E-state index contributed by atoms with van der Waals surface area (Å²) in [6.45, 7) is 3.72. The highest BCUT2D eigenvalue weighted by Gasteiger charge is 2.24. The molecular weight excluding hydrogens is 232 g/mol. The Morgan fingerprint density at radius 1 is 1.61 bits per heavy atom. The summed E-state index contributed by atoms with van der Waals surface area (Å²) >= 11 is 0. The molecule has 0 radical (unpaired) electrons. The van der Waals surface area contributed by atoms with Crippen molar-refractivity contribution in [1.29, 1.82) is 0 Å². The molecule has 4 nitrogen and oxygen atoms in total. The van der Waals surface area contributed by atoms with Crippen LogP contribution in [-0.4, -0.2) is 24.3 Å². The summed E-state index contributed by atoms with van der Waals surface area (Å²) in [5, 5.41) is 8.95. The van der Waals surface area contributed by atoms with Gasteiger partial charge in [0.2, 0.25) is 0 Å². The summed E-state index contributed by atoms with van der Waals surface area (Å²) in [7, 11) is 1.60. The van der Waals surface area contributed by atoms with E-state index in [9.17, 15) is 4.79 Å². The highest BCUT2D eigenvalue weighted by Crippen LogP contribution is 2.39. The third kappa shape index (κ3) is 2.42. The van der Waals surface area contributed by atoms with Gasteiger partial charge < -0.3 is 14.6 Å². The number of fused-ring (bicyclic) bond motifs is 1. The van der Waals surface area contributed by atoms with Crippen molar-refractivity contribution in [3.63, 3.8) is 0 Å². The number of hydrogen-bond donors (Lipinski definition) is 1. The zero-order chi connectivity index (χ0) is 13.3. The van der Waals surface area contributed by atoms with Crippen molar-refractivity contribution in [2.45, 2.75) is 32.8 Å². The normalized spacial score (nSPS) is 18.9. The molecule has 1 N–H and O–H groups in total. The number of carbonyl (C=O) groups is 1. The van der Waals surface area contributed by atoms with Crippen molar-refractivity contribution in [2.24, 2.45) is 5.92 Å². The Kier molecular flexibility index (Phi) is 3.45. The summed E-state index contributed by atoms with van der Waals surface area (Å²) in [6, 6.07) is 3.90. The van der Waals surface area contributed by atoms with E-state index in [1.54, 1.807) is 14.0 Å². The molecule has 2 atom stereocenters. The van der Waals surface area contributed by atoms with Crippen LogP contribution in [0.3, 0.4) is 0 Å². The molecule has 1 aromatic carbocycles. The predicted molar refractivity (Wildman–Crippen MR) is 67.3 cm³/mol. The molecule has 1 heterocycles. The summed E-state index contributed by atoms with van der Waals surface area (Å²) in [6.07, 6.45) is 1.51. The van der Waals surface area contributed by atoms with E-state index in [0.29, 0.717) is 12.2 Å². The molecule has 1 aliphatic heterocycles. The van der Waals surface area contributed by atoms with Gasteiger partial charge in [0.05, 0.1) is 13.0 Å². The van der Waals surface area contributed by atoms with Gasteiger partial charge >= 0.3 is 5.97 Å². The quantitative estimate of drug-likeness (QED) is 0.890. The topological polar surface area (TPSA) is 55.8 Å². The molecule has 0 spiro atoms. The Balaban J connectivity index is 2.29. The van der Waals surface area contributed by atoms with Gasteiger partial charge in [0.1, 0.15) is 6.10 Å². The third-order valence-electron chi connectivity index (χ3n) is 3.20. The standard InChI is InChI=1S/C14H18O4/c1-8(14(15)16)4-10-6-11-5-9(2)18-13(11)12(7-10)17-3/h6-9H,4-5H2,1-3H3,(H,15,16). The van der Waals surface area contributed by atoms with Crippen LogP contribution in [0.5, 0.6) is 11.5 Å². The summed E-state index contributed by atoms with van der Waals surface area (Å²) in [5.74, 6) is 0.327. The zero-order valence-corrected chi connectivity index (χ0v) is 10.9. The number of benzene rings is 1. The Labute approximate surface area is 107 Å². The van der Waals surface area contributed by atoms with E-state index in [1.165, 1.54) is 0 Å². The first kappa shape index (κ1) is 12.7. The molecule has 2 rings (SSSR count). The lowest BCUT2D eigenvalue weighted by Crippen LogP contribution is -2.12. The molecule has 0 bridgehead atoms. The fourth-order valence-electron chi connectivity index (χ4n) is 2.27. The van der Waals surface area contributed by atoms with Gasteiger partial charge in [-0.25, -0.2) is 0 Å². The number of hydrogen-bond acceptors (Lipinski definition) is 3. The Morgan fingerprint density at radius 3 is 2.94 bits per heavy atom. The van der Waals surface area contributed by atoms with Crippen LogP contribution < -0.4 is 9.47 Å². The molecule has 0 aliphatic carbocycles. The van der Waals surface area contributed by atoms with E-state index < -0.39 is 11.9 Å². The lowest BCUT2D eigenvalue weighted by Gasteiger charge is -2.12. The number of rotatable bonds is 4. The van der Waals surface area contributed by atoms with Gasteiger partial charge in [-0.1, -0.05) is 13.0 Å². The van der Waals surface area contributed by atoms with E-state index in [0.717, 1.165) is 23.3 Å². The maximum Gasteiger partial charge on any atom is 0.306 e. The second kappa shape index (κ2) is 4.88. The SMILES string of the molecule is COc1cc(CC(C)C(=O)O)cc2c1OC(C)C2. The van der Waals surface area contributed by atoms with Crippen molar-refractivity contribution in [3.05, 3.63) is 23.3 Å². The second-order valence-electron chi connectivity index (χ2n) is 4.86. The Morgan fingerprint density at radius 2 is 2.33 bits per heavy atom. The monoisotopic (exact) mass is 250 g/mol. The van der Waals surface area contributed by atoms with Crippen LogP contribution in [-0.2, 0) is 17.6 Å². The Hall–Kier alpha value is -1.71. The van der Waals surface area contributed by atoms with Gasteiger partial charge in [0.25, 0.3) is 0 Å². The fourth-order valence-corrected chi connectivity index (χ4v) is 2.27. The molecule has 2 unspecified atom stereocenters. The lowest BCUT2D eigenvalue weighted by atomic mass is 9.98. The van der Waals surface area contributed by atoms with Gasteiger partial charge in [-0.15, -0.1) is 0 Å². The van der Waals surface area contributed by atoms with Crippen molar-refractivity contribution < 1.29 is 19.4 Å². The predicted octanol–water partition coefficient (Wildman–Crippen LogP) is 2.28. The minimum absolute atomic E-state index is 0.154. The van der Waals surface area contributed by atoms with Crippen molar-refractivity contribution in [3.8, 4) is 11.5 Å². The fraction of sp³-hybridized carbons (Fsp3) is 0.500. The smallest absolute Gasteiger partial charge is 0.306 e. The van der Waals surface area contributed by atoms with Crippen LogP contribution in [0, 0.1) is 5.92 Å². The minimum atomic E-state index is -0.779. The van der Waals surface area contributed by atoms with Gasteiger partial charge in [0, 0.05) is 12.0 Å². The number of methoxy groups -OCH3 is 1. The number of carboxylic acids is 1. The maximum atomic E-state index is 10.9. The maximum absolute atomic E-state index is 10.9. The number of carboxylic acid groups (broad SMARTS) is 1. The molecule has 1 aromatic rings. The first-order valence-corrected chi connectivity index (χ1v) is 6.10. The van der Waals surface area contributed by atoms with E-state index >= 15 is 0 Å². The first-order valence-electron chi connectivity index (χ1n) is 6.10. The van der Waals surface area contributed by atoms with Gasteiger partial charge in [-0.05, 0) is 25.0 Å². The van der Waals surface area contributed by atoms with Crippen LogP contribution in [0.4, 0.5) is 0 Å². The molecule has 0 saturated heterocycles. The molecule has 18 heavy (non-hydrogen) atoms. The van der Waals surface area contributed by atoms with E-state index in [-0.39, 0.29) is 6.10 Å². The molecule has 1 aliphatic rings. The van der Waals surface area contributed by atoms with Gasteiger partial charge in [0.15, 0.2) is 11.5 Å². The summed E-state index contributed by atoms with van der Waals surface area (Å²) < 4.78 is 11.0. The van der Waals surface area contributed by atoms with Crippen LogP contribution in [0.25, 0.3) is 0 Å². The summed E-state index contributed by atoms with van der Waals surface area (Å²) in [5.41, 5.74) is 2.09. The van der Waals surface area contributed by atoms with Crippen molar-refractivity contribution in [1.82, 2.24) is 0 Å². The van der Waals surface area contributed by atoms with Crippen molar-refractivity contribution >= 4 is 5.97 Å². The van der Waals surface area contributed by atoms with E-state index in [1.807, 2.05) is 19.1 Å². The summed E-state index contributed by atoms with van der Waals surface area (Å²) in [4.78, 5) is 10.9. The van der Waals surface area contributed by atoms with Crippen LogP contribution in [0.1, 0.15) is 25.0 Å². The highest BCUT2D eigenvalue weighted by atomic mass is 16.5. The van der Waals surface area contributed by atoms with Crippen LogP contribution >= 0.6 is 0 Å². The highest BCUT2D eigenvalue weighted by molar-refractivity contribution is 5.70. The van der Waals surface area contributed by atoms with Crippen molar-refractivity contribution in [2.75, 3.05) is 7.11 Å². The number of ether oxygens (including phenoxy) is 2. The molecule has 0 amide bonds. The molecule has 4 heteroatoms. The molecule has 98 valence electrons. The average Bonchev–Trinajstić information content (AvgIpc) is 2.68. The molecule has 0 saturated carbocycles. The van der Waals surface area contributed by atoms with Crippen LogP contribution in [0.2, 0.25) is 0 Å². The van der Waals surface area contributed by atoms with Gasteiger partial charge in [-0.3, -0.25) is 4.79 Å². The Bertz CT molecular complexity index is 467. The lowest BCUT2D eigenvalue weighted by molar-refractivity contribution is -0.141. The zero-order valence-electron chi connectivity index (χ0n) is 10.9. The minimum Gasteiger partial charge on any atom is -0.493 e.